The molecule has 0 aliphatic rings. The van der Waals surface area contributed by atoms with Crippen molar-refractivity contribution in [2.24, 2.45) is 0 Å². The number of aldehydes is 2. The van der Waals surface area contributed by atoms with Gasteiger partial charge in [-0.05, 0) is 67.1 Å². The van der Waals surface area contributed by atoms with Gasteiger partial charge < -0.3 is 4.57 Å². The van der Waals surface area contributed by atoms with Gasteiger partial charge >= 0.3 is 0 Å². The predicted molar refractivity (Wildman–Crippen MR) is 157 cm³/mol. The summed E-state index contributed by atoms with van der Waals surface area (Å²) < 4.78 is 5.19. The van der Waals surface area contributed by atoms with E-state index in [0.717, 1.165) is 38.6 Å². The van der Waals surface area contributed by atoms with Crippen molar-refractivity contribution in [2.75, 3.05) is 0 Å². The first-order valence-corrected chi connectivity index (χ1v) is 15.0. The topological polar surface area (TPSA) is 39.1 Å². The molecule has 0 N–H and O–H groups in total. The average Bonchev–Trinajstić information content (AvgIpc) is 3.68. The third-order valence-corrected chi connectivity index (χ3v) is 10.1. The van der Waals surface area contributed by atoms with Crippen LogP contribution in [0, 0.1) is 0 Å². The highest BCUT2D eigenvalue weighted by molar-refractivity contribution is 7.28. The lowest BCUT2D eigenvalue weighted by Crippen LogP contribution is -1.96. The Morgan fingerprint density at radius 2 is 1.11 bits per heavy atom. The molecule has 0 bridgehead atoms. The van der Waals surface area contributed by atoms with Crippen LogP contribution < -0.4 is 0 Å². The molecule has 0 unspecified atom stereocenters. The van der Waals surface area contributed by atoms with Crippen molar-refractivity contribution in [3.05, 3.63) is 65.7 Å². The number of fused-ring (bicyclic) bond motifs is 3. The molecule has 0 fully saturated rings. The first-order chi connectivity index (χ1) is 17.2. The van der Waals surface area contributed by atoms with Crippen LogP contribution in [0.25, 0.3) is 44.7 Å². The lowest BCUT2D eigenvalue weighted by atomic mass is 10.2. The standard InChI is InChI=1S/C28H25NO2S4/c1-2-3-4-5-14-29-25-15-21(10-6-19-8-12-23(17-30)32-19)34-27(25)28-26(29)16-22(35-28)11-7-20-9-13-24(18-31)33-20/h6-13,15-18H,2-5,14H2,1H3. The molecule has 5 aromatic rings. The minimum absolute atomic E-state index is 0.755. The Kier molecular flexibility index (Phi) is 7.58. The highest BCUT2D eigenvalue weighted by Gasteiger charge is 2.16. The summed E-state index contributed by atoms with van der Waals surface area (Å²) in [5, 5.41) is 0. The van der Waals surface area contributed by atoms with Crippen LogP contribution in [0.2, 0.25) is 0 Å². The van der Waals surface area contributed by atoms with Crippen LogP contribution in [-0.2, 0) is 6.54 Å². The number of thiophene rings is 4. The number of hydrogen-bond donors (Lipinski definition) is 0. The zero-order valence-electron chi connectivity index (χ0n) is 19.4. The van der Waals surface area contributed by atoms with Gasteiger partial charge in [0.05, 0.1) is 30.2 Å². The molecule has 5 rings (SSSR count). The molecule has 0 saturated heterocycles. The summed E-state index contributed by atoms with van der Waals surface area (Å²) in [6, 6.07) is 12.3. The molecule has 0 radical (unpaired) electrons. The second-order valence-corrected chi connectivity index (χ2v) is 12.8. The highest BCUT2D eigenvalue weighted by Crippen LogP contribution is 2.41. The van der Waals surface area contributed by atoms with Crippen LogP contribution in [0.4, 0.5) is 0 Å². The molecule has 0 atom stereocenters. The number of carbonyl (C=O) groups excluding carboxylic acids is 2. The molecule has 0 aliphatic carbocycles. The van der Waals surface area contributed by atoms with E-state index in [1.165, 1.54) is 78.5 Å². The van der Waals surface area contributed by atoms with Crippen molar-refractivity contribution in [1.82, 2.24) is 4.57 Å². The van der Waals surface area contributed by atoms with Crippen LogP contribution in [0.5, 0.6) is 0 Å². The Morgan fingerprint density at radius 3 is 1.57 bits per heavy atom. The molecule has 0 saturated carbocycles. The number of hydrogen-bond acceptors (Lipinski definition) is 6. The van der Waals surface area contributed by atoms with Crippen molar-refractivity contribution in [3.63, 3.8) is 0 Å². The van der Waals surface area contributed by atoms with Gasteiger partial charge in [-0.2, -0.15) is 0 Å². The molecular formula is C28H25NO2S4. The van der Waals surface area contributed by atoms with E-state index in [1.807, 2.05) is 46.9 Å². The first-order valence-electron chi connectivity index (χ1n) is 11.7. The van der Waals surface area contributed by atoms with E-state index in [-0.39, 0.29) is 0 Å². The summed E-state index contributed by atoms with van der Waals surface area (Å²) in [7, 11) is 0. The molecule has 3 nitrogen and oxygen atoms in total. The number of rotatable bonds is 11. The van der Waals surface area contributed by atoms with Gasteiger partial charge in [-0.15, -0.1) is 45.3 Å². The lowest BCUT2D eigenvalue weighted by molar-refractivity contribution is 0.111. The van der Waals surface area contributed by atoms with Gasteiger partial charge in [0, 0.05) is 26.1 Å². The van der Waals surface area contributed by atoms with E-state index in [1.54, 1.807) is 0 Å². The van der Waals surface area contributed by atoms with Crippen LogP contribution in [0.3, 0.4) is 0 Å². The molecule has 5 aromatic heterocycles. The fraction of sp³-hybridized carbons (Fsp3) is 0.214. The molecule has 0 spiro atoms. The number of carbonyl (C=O) groups is 2. The van der Waals surface area contributed by atoms with Gasteiger partial charge in [0.2, 0.25) is 0 Å². The van der Waals surface area contributed by atoms with Crippen LogP contribution >= 0.6 is 45.3 Å². The monoisotopic (exact) mass is 535 g/mol. The van der Waals surface area contributed by atoms with Gasteiger partial charge in [-0.3, -0.25) is 9.59 Å². The van der Waals surface area contributed by atoms with E-state index in [0.29, 0.717) is 0 Å². The van der Waals surface area contributed by atoms with Gasteiger partial charge in [-0.1, -0.05) is 26.2 Å². The Balaban J connectivity index is 1.48. The largest absolute Gasteiger partial charge is 0.339 e. The number of aromatic nitrogens is 1. The number of unbranched alkanes of at least 4 members (excludes halogenated alkanes) is 3. The van der Waals surface area contributed by atoms with E-state index < -0.39 is 0 Å². The summed E-state index contributed by atoms with van der Waals surface area (Å²) in [4.78, 5) is 28.1. The zero-order chi connectivity index (χ0) is 24.2. The molecule has 0 aromatic carbocycles. The van der Waals surface area contributed by atoms with Crippen molar-refractivity contribution < 1.29 is 9.59 Å². The van der Waals surface area contributed by atoms with Crippen molar-refractivity contribution >= 4 is 103 Å². The molecular weight excluding hydrogens is 511 g/mol. The Labute approximate surface area is 220 Å². The van der Waals surface area contributed by atoms with Crippen LogP contribution in [-0.4, -0.2) is 17.1 Å². The number of aryl methyl sites for hydroxylation is 1. The maximum absolute atomic E-state index is 11.0. The van der Waals surface area contributed by atoms with Crippen molar-refractivity contribution in [3.8, 4) is 0 Å². The summed E-state index contributed by atoms with van der Waals surface area (Å²) in [6.45, 7) is 3.28. The summed E-state index contributed by atoms with van der Waals surface area (Å²) in [6.07, 6.45) is 15.3. The smallest absolute Gasteiger partial charge is 0.160 e. The van der Waals surface area contributed by atoms with Gasteiger partial charge in [0.25, 0.3) is 0 Å². The Bertz CT molecular complexity index is 1430. The Morgan fingerprint density at radius 1 is 0.629 bits per heavy atom. The molecule has 0 aliphatic heterocycles. The molecule has 5 heterocycles. The normalized spacial score (nSPS) is 12.1. The molecule has 35 heavy (non-hydrogen) atoms. The van der Waals surface area contributed by atoms with E-state index in [2.05, 4.69) is 47.9 Å². The number of nitrogens with zero attached hydrogens (tertiary/aromatic N) is 1. The SMILES string of the molecule is CCCCCCn1c2cc(C=Cc3ccc(C=O)s3)sc2c2sc(C=Cc3ccc(C=O)s3)cc21. The molecule has 7 heteroatoms. The predicted octanol–water partition coefficient (Wildman–Crippen LogP) is 9.59. The third-order valence-electron chi connectivity index (χ3n) is 5.84. The van der Waals surface area contributed by atoms with Crippen LogP contribution in [0.15, 0.2) is 36.4 Å². The van der Waals surface area contributed by atoms with Crippen LogP contribution in [0.1, 0.15) is 71.5 Å². The summed E-state index contributed by atoms with van der Waals surface area (Å²) in [5.41, 5.74) is 2.63. The molecule has 178 valence electrons. The van der Waals surface area contributed by atoms with Gasteiger partial charge in [-0.25, -0.2) is 0 Å². The highest BCUT2D eigenvalue weighted by atomic mass is 32.1. The van der Waals surface area contributed by atoms with Crippen molar-refractivity contribution in [1.29, 1.82) is 0 Å². The van der Waals surface area contributed by atoms with E-state index >= 15 is 0 Å². The first kappa shape index (κ1) is 24.1. The van der Waals surface area contributed by atoms with E-state index in [9.17, 15) is 9.59 Å². The van der Waals surface area contributed by atoms with E-state index in [4.69, 9.17) is 0 Å². The fourth-order valence-electron chi connectivity index (χ4n) is 4.13. The Hall–Kier alpha value is -2.58. The maximum atomic E-state index is 11.0. The zero-order valence-corrected chi connectivity index (χ0v) is 22.6. The minimum atomic E-state index is 0.755. The minimum Gasteiger partial charge on any atom is -0.339 e. The van der Waals surface area contributed by atoms with Crippen molar-refractivity contribution in [2.45, 2.75) is 39.2 Å². The lowest BCUT2D eigenvalue weighted by Gasteiger charge is -2.05. The fourth-order valence-corrected chi connectivity index (χ4v) is 7.86. The third kappa shape index (κ3) is 5.33. The average molecular weight is 536 g/mol. The second kappa shape index (κ2) is 11.0. The molecule has 0 amide bonds. The summed E-state index contributed by atoms with van der Waals surface area (Å²) in [5.74, 6) is 0. The van der Waals surface area contributed by atoms with Gasteiger partial charge in [0.15, 0.2) is 12.6 Å². The summed E-state index contributed by atoms with van der Waals surface area (Å²) >= 11 is 6.69. The quantitative estimate of drug-likeness (QED) is 0.125. The van der Waals surface area contributed by atoms with Gasteiger partial charge in [0.1, 0.15) is 0 Å². The maximum Gasteiger partial charge on any atom is 0.160 e. The second-order valence-electron chi connectivity index (χ2n) is 8.32.